The molecule has 1 aromatic heterocycles. The van der Waals surface area contributed by atoms with Crippen molar-refractivity contribution in [1.29, 1.82) is 0 Å². The molecule has 4 rings (SSSR count). The lowest BCUT2D eigenvalue weighted by Gasteiger charge is -2.38. The molecule has 3 N–H and O–H groups in total. The lowest BCUT2D eigenvalue weighted by atomic mass is 9.90. The van der Waals surface area contributed by atoms with Gasteiger partial charge in [0.1, 0.15) is 5.75 Å². The molecule has 1 aromatic carbocycles. The maximum atomic E-state index is 13.0. The molecule has 11 heteroatoms. The van der Waals surface area contributed by atoms with Gasteiger partial charge in [0, 0.05) is 32.1 Å². The average Bonchev–Trinajstić information content (AvgIpc) is 3.65. The van der Waals surface area contributed by atoms with Crippen molar-refractivity contribution < 1.29 is 22.7 Å². The van der Waals surface area contributed by atoms with E-state index in [0.717, 1.165) is 42.6 Å². The second-order valence-electron chi connectivity index (χ2n) is 10.5. The van der Waals surface area contributed by atoms with E-state index in [1.807, 2.05) is 18.2 Å². The van der Waals surface area contributed by atoms with Gasteiger partial charge in [0.2, 0.25) is 5.82 Å². The molecule has 0 bridgehead atoms. The van der Waals surface area contributed by atoms with Gasteiger partial charge in [0.15, 0.2) is 15.6 Å². The number of sulfone groups is 1. The van der Waals surface area contributed by atoms with Gasteiger partial charge in [-0.15, -0.1) is 0 Å². The van der Waals surface area contributed by atoms with Crippen LogP contribution in [0.1, 0.15) is 55.7 Å². The van der Waals surface area contributed by atoms with Gasteiger partial charge >= 0.3 is 0 Å². The number of Topliss-reactive ketones (excluding diaryl/α,β-unsaturated/α-hetero) is 1. The lowest BCUT2D eigenvalue weighted by Crippen LogP contribution is -2.42. The highest BCUT2D eigenvalue weighted by Gasteiger charge is 2.51. The molecule has 2 aliphatic rings. The summed E-state index contributed by atoms with van der Waals surface area (Å²) in [5.74, 6) is -1.13. The van der Waals surface area contributed by atoms with E-state index in [2.05, 4.69) is 34.0 Å². The van der Waals surface area contributed by atoms with Crippen LogP contribution in [0.25, 0.3) is 0 Å². The highest BCUT2D eigenvalue weighted by molar-refractivity contribution is 7.91. The van der Waals surface area contributed by atoms with Crippen LogP contribution in [-0.4, -0.2) is 67.9 Å². The summed E-state index contributed by atoms with van der Waals surface area (Å²) in [5, 5.41) is 3.38. The minimum atomic E-state index is -3.43. The fraction of sp³-hybridized carbons (Fsp3) is 0.538. The summed E-state index contributed by atoms with van der Waals surface area (Å²) in [6.07, 6.45) is 7.12. The zero-order chi connectivity index (χ0) is 26.8. The quantitative estimate of drug-likeness (QED) is 0.449. The number of primary amides is 1. The Morgan fingerprint density at radius 3 is 2.38 bits per heavy atom. The Kier molecular flexibility index (Phi) is 7.84. The highest BCUT2D eigenvalue weighted by Crippen LogP contribution is 2.51. The minimum Gasteiger partial charge on any atom is -0.381 e. The molecule has 0 spiro atoms. The van der Waals surface area contributed by atoms with Crippen LogP contribution in [0.4, 0.5) is 17.1 Å². The van der Waals surface area contributed by atoms with Crippen LogP contribution in [0.15, 0.2) is 30.6 Å². The molecule has 10 nitrogen and oxygen atoms in total. The third kappa shape index (κ3) is 6.45. The first kappa shape index (κ1) is 27.0. The summed E-state index contributed by atoms with van der Waals surface area (Å²) < 4.78 is 29.3. The number of ether oxygens (including phenoxy) is 1. The Labute approximate surface area is 217 Å². The van der Waals surface area contributed by atoms with Gasteiger partial charge in [-0.2, -0.15) is 0 Å². The lowest BCUT2D eigenvalue weighted by molar-refractivity contribution is -0.119. The van der Waals surface area contributed by atoms with Crippen LogP contribution in [0, 0.1) is 5.92 Å². The highest BCUT2D eigenvalue weighted by atomic mass is 32.2. The van der Waals surface area contributed by atoms with Gasteiger partial charge in [-0.1, -0.05) is 19.9 Å². The Hall–Kier alpha value is -3.05. The third-order valence-corrected chi connectivity index (χ3v) is 7.67. The van der Waals surface area contributed by atoms with E-state index in [9.17, 15) is 18.0 Å². The van der Waals surface area contributed by atoms with Crippen molar-refractivity contribution in [3.05, 3.63) is 42.0 Å². The number of hydrogen-bond donors (Lipinski definition) is 2. The normalized spacial score (nSPS) is 17.4. The van der Waals surface area contributed by atoms with Crippen molar-refractivity contribution in [2.45, 2.75) is 51.0 Å². The molecule has 2 heterocycles. The standard InChI is InChI=1S/C26H35N5O5S/c1-17(2)15-31(20-6-10-36-11-7-20)22-5-4-18(26(8-9-26)23(32)16-37(3,34)35)12-21(22)30-19-13-28-25(24(27)33)29-14-19/h4-5,12-14,17,20,30H,6-11,15-16H2,1-3H3,(H2,27,33). The first-order valence-electron chi connectivity index (χ1n) is 12.6. The van der Waals surface area contributed by atoms with Gasteiger partial charge in [0.25, 0.3) is 5.91 Å². The number of hydrogen-bond acceptors (Lipinski definition) is 9. The smallest absolute Gasteiger partial charge is 0.286 e. The van der Waals surface area contributed by atoms with Crippen LogP contribution < -0.4 is 16.0 Å². The molecule has 0 unspecified atom stereocenters. The molecule has 37 heavy (non-hydrogen) atoms. The van der Waals surface area contributed by atoms with Gasteiger partial charge in [-0.3, -0.25) is 9.59 Å². The number of ketones is 1. The summed E-state index contributed by atoms with van der Waals surface area (Å²) in [6, 6.07) is 6.20. The van der Waals surface area contributed by atoms with Crippen molar-refractivity contribution in [3.8, 4) is 0 Å². The Balaban J connectivity index is 1.75. The predicted molar refractivity (Wildman–Crippen MR) is 142 cm³/mol. The zero-order valence-electron chi connectivity index (χ0n) is 21.6. The van der Waals surface area contributed by atoms with E-state index in [1.165, 1.54) is 12.4 Å². The Morgan fingerprint density at radius 2 is 1.84 bits per heavy atom. The van der Waals surface area contributed by atoms with E-state index < -0.39 is 26.9 Å². The molecule has 0 radical (unpaired) electrons. The maximum absolute atomic E-state index is 13.0. The number of amides is 1. The summed E-state index contributed by atoms with van der Waals surface area (Å²) in [5.41, 5.74) is 7.58. The number of anilines is 3. The number of nitrogens with zero attached hydrogens (tertiary/aromatic N) is 3. The van der Waals surface area contributed by atoms with Gasteiger partial charge in [0.05, 0.1) is 34.9 Å². The number of nitrogens with two attached hydrogens (primary N) is 1. The number of nitrogens with one attached hydrogen (secondary N) is 1. The van der Waals surface area contributed by atoms with E-state index in [4.69, 9.17) is 10.5 Å². The molecule has 200 valence electrons. The molecular weight excluding hydrogens is 494 g/mol. The first-order valence-corrected chi connectivity index (χ1v) is 14.6. The zero-order valence-corrected chi connectivity index (χ0v) is 22.4. The molecule has 0 atom stereocenters. The molecule has 1 aliphatic heterocycles. The monoisotopic (exact) mass is 529 g/mol. The van der Waals surface area contributed by atoms with E-state index in [1.54, 1.807) is 0 Å². The topological polar surface area (TPSA) is 145 Å². The molecule has 1 saturated carbocycles. The number of aromatic nitrogens is 2. The van der Waals surface area contributed by atoms with Gasteiger partial charge in [-0.25, -0.2) is 18.4 Å². The Morgan fingerprint density at radius 1 is 1.19 bits per heavy atom. The summed E-state index contributed by atoms with van der Waals surface area (Å²) >= 11 is 0. The van der Waals surface area contributed by atoms with Crippen LogP contribution >= 0.6 is 0 Å². The maximum Gasteiger partial charge on any atom is 0.286 e. The summed E-state index contributed by atoms with van der Waals surface area (Å²) in [6.45, 7) is 6.58. The molecular formula is C26H35N5O5S. The first-order chi connectivity index (χ1) is 17.5. The van der Waals surface area contributed by atoms with Crippen LogP contribution in [-0.2, 0) is 24.8 Å². The Bertz CT molecular complexity index is 1250. The van der Waals surface area contributed by atoms with E-state index in [0.29, 0.717) is 37.7 Å². The van der Waals surface area contributed by atoms with E-state index >= 15 is 0 Å². The van der Waals surface area contributed by atoms with Crippen molar-refractivity contribution >= 4 is 38.6 Å². The third-order valence-electron chi connectivity index (χ3n) is 6.88. The molecule has 1 aliphatic carbocycles. The SMILES string of the molecule is CC(C)CN(c1ccc(C2(C(=O)CS(C)(=O)=O)CC2)cc1Nc1cnc(C(N)=O)nc1)C1CCOCC1. The number of carbonyl (C=O) groups is 2. The predicted octanol–water partition coefficient (Wildman–Crippen LogP) is 2.61. The second kappa shape index (κ2) is 10.7. The fourth-order valence-corrected chi connectivity index (χ4v) is 5.68. The summed E-state index contributed by atoms with van der Waals surface area (Å²) in [4.78, 5) is 34.9. The van der Waals surface area contributed by atoms with E-state index in [-0.39, 0.29) is 17.6 Å². The van der Waals surface area contributed by atoms with Crippen molar-refractivity contribution in [2.24, 2.45) is 11.7 Å². The number of carbonyl (C=O) groups excluding carboxylic acids is 2. The van der Waals surface area contributed by atoms with Crippen LogP contribution in [0.2, 0.25) is 0 Å². The van der Waals surface area contributed by atoms with Crippen LogP contribution in [0.5, 0.6) is 0 Å². The van der Waals surface area contributed by atoms with Crippen molar-refractivity contribution in [2.75, 3.05) is 42.0 Å². The molecule has 1 saturated heterocycles. The van der Waals surface area contributed by atoms with Gasteiger partial charge in [-0.05, 0) is 49.3 Å². The number of rotatable bonds is 11. The fourth-order valence-electron chi connectivity index (χ4n) is 4.92. The van der Waals surface area contributed by atoms with Crippen molar-refractivity contribution in [3.63, 3.8) is 0 Å². The molecule has 2 fully saturated rings. The van der Waals surface area contributed by atoms with Crippen LogP contribution in [0.3, 0.4) is 0 Å². The number of benzene rings is 1. The largest absolute Gasteiger partial charge is 0.381 e. The molecule has 1 amide bonds. The van der Waals surface area contributed by atoms with Crippen molar-refractivity contribution in [1.82, 2.24) is 9.97 Å². The minimum absolute atomic E-state index is 0.0773. The average molecular weight is 530 g/mol. The summed E-state index contributed by atoms with van der Waals surface area (Å²) in [7, 11) is -3.43. The van der Waals surface area contributed by atoms with Gasteiger partial charge < -0.3 is 20.7 Å². The second-order valence-corrected chi connectivity index (χ2v) is 12.6. The molecule has 2 aromatic rings.